The van der Waals surface area contributed by atoms with Crippen LogP contribution in [0, 0.1) is 0 Å². The van der Waals surface area contributed by atoms with Crippen molar-refractivity contribution in [3.8, 4) is 0 Å². The lowest BCUT2D eigenvalue weighted by Crippen LogP contribution is -2.22. The van der Waals surface area contributed by atoms with Crippen LogP contribution < -0.4 is 11.1 Å². The topological polar surface area (TPSA) is 68.0 Å². The van der Waals surface area contributed by atoms with E-state index in [0.717, 1.165) is 30.1 Å². The second-order valence-corrected chi connectivity index (χ2v) is 3.76. The molecule has 0 unspecified atom stereocenters. The molecule has 1 aliphatic rings. The lowest BCUT2D eigenvalue weighted by atomic mass is 10.2. The minimum absolute atomic E-state index is 0.422. The zero-order chi connectivity index (χ0) is 10.6. The molecule has 0 saturated carbocycles. The summed E-state index contributed by atoms with van der Waals surface area (Å²) < 4.78 is 0. The van der Waals surface area contributed by atoms with Gasteiger partial charge in [0.25, 0.3) is 5.91 Å². The van der Waals surface area contributed by atoms with Gasteiger partial charge in [0.2, 0.25) is 0 Å². The Morgan fingerprint density at radius 2 is 2.29 bits per heavy atom. The van der Waals surface area contributed by atoms with Gasteiger partial charge in [-0.1, -0.05) is 13.8 Å². The van der Waals surface area contributed by atoms with Crippen molar-refractivity contribution >= 4 is 17.2 Å². The number of aromatic nitrogens is 1. The zero-order valence-corrected chi connectivity index (χ0v) is 9.28. The van der Waals surface area contributed by atoms with Crippen molar-refractivity contribution in [3.05, 3.63) is 15.6 Å². The van der Waals surface area contributed by atoms with Crippen LogP contribution in [0.3, 0.4) is 0 Å². The van der Waals surface area contributed by atoms with Gasteiger partial charge in [-0.2, -0.15) is 0 Å². The minimum atomic E-state index is -0.422. The number of fused-ring (bicyclic) bond motifs is 1. The largest absolute Gasteiger partial charge is 0.364 e. The van der Waals surface area contributed by atoms with Gasteiger partial charge < -0.3 is 11.1 Å². The van der Waals surface area contributed by atoms with Gasteiger partial charge in [-0.25, -0.2) is 4.98 Å². The number of nitrogens with zero attached hydrogens (tertiary/aromatic N) is 1. The highest BCUT2D eigenvalue weighted by Gasteiger charge is 2.16. The third-order valence-corrected chi connectivity index (χ3v) is 2.93. The van der Waals surface area contributed by atoms with Gasteiger partial charge in [-0.15, -0.1) is 11.3 Å². The van der Waals surface area contributed by atoms with E-state index in [-0.39, 0.29) is 0 Å². The quantitative estimate of drug-likeness (QED) is 0.728. The molecule has 0 radical (unpaired) electrons. The molecule has 0 aromatic carbocycles. The standard InChI is InChI=1S/C7H9N3OS.C2H6/c8-6(11)7-10-4-1-2-9-3-5(4)12-7;1-2/h9H,1-3H2,(H2,8,11);1-2H3. The minimum Gasteiger partial charge on any atom is -0.364 e. The van der Waals surface area contributed by atoms with Crippen LogP contribution in [0.2, 0.25) is 0 Å². The Kier molecular flexibility index (Phi) is 4.03. The first kappa shape index (κ1) is 11.1. The van der Waals surface area contributed by atoms with Gasteiger partial charge in [-0.05, 0) is 0 Å². The Morgan fingerprint density at radius 3 is 2.86 bits per heavy atom. The maximum Gasteiger partial charge on any atom is 0.277 e. The molecule has 14 heavy (non-hydrogen) atoms. The summed E-state index contributed by atoms with van der Waals surface area (Å²) in [6.45, 7) is 5.76. The van der Waals surface area contributed by atoms with E-state index >= 15 is 0 Å². The second kappa shape index (κ2) is 5.07. The molecule has 5 heteroatoms. The van der Waals surface area contributed by atoms with Crippen molar-refractivity contribution in [1.82, 2.24) is 10.3 Å². The Hall–Kier alpha value is -0.940. The number of nitrogens with two attached hydrogens (primary N) is 1. The molecule has 4 nitrogen and oxygen atoms in total. The summed E-state index contributed by atoms with van der Waals surface area (Å²) in [5, 5.41) is 3.65. The number of carbonyl (C=O) groups is 1. The summed E-state index contributed by atoms with van der Waals surface area (Å²) in [7, 11) is 0. The lowest BCUT2D eigenvalue weighted by Gasteiger charge is -2.09. The average molecular weight is 213 g/mol. The van der Waals surface area contributed by atoms with Crippen molar-refractivity contribution in [2.45, 2.75) is 26.8 Å². The van der Waals surface area contributed by atoms with Crippen molar-refractivity contribution in [1.29, 1.82) is 0 Å². The average Bonchev–Trinajstić information content (AvgIpc) is 2.64. The van der Waals surface area contributed by atoms with E-state index in [1.165, 1.54) is 11.3 Å². The number of hydrogen-bond acceptors (Lipinski definition) is 4. The summed E-state index contributed by atoms with van der Waals surface area (Å²) in [6.07, 6.45) is 0.902. The molecule has 0 saturated heterocycles. The third kappa shape index (κ3) is 2.30. The predicted octanol–water partition coefficient (Wildman–Crippen LogP) is 0.914. The molecule has 1 amide bonds. The summed E-state index contributed by atoms with van der Waals surface area (Å²) in [5.74, 6) is -0.422. The van der Waals surface area contributed by atoms with Gasteiger partial charge in [-0.3, -0.25) is 4.79 Å². The van der Waals surface area contributed by atoms with Crippen LogP contribution in [0.1, 0.15) is 34.2 Å². The molecule has 0 spiro atoms. The Labute approximate surface area is 87.5 Å². The second-order valence-electron chi connectivity index (χ2n) is 2.68. The number of rotatable bonds is 1. The first-order valence-electron chi connectivity index (χ1n) is 4.76. The molecule has 3 N–H and O–H groups in total. The van der Waals surface area contributed by atoms with Gasteiger partial charge in [0.05, 0.1) is 5.69 Å². The Bertz CT molecular complexity index is 298. The summed E-state index contributed by atoms with van der Waals surface area (Å²) in [6, 6.07) is 0. The molecule has 1 aromatic heterocycles. The van der Waals surface area contributed by atoms with Crippen LogP contribution in [-0.4, -0.2) is 17.4 Å². The maximum atomic E-state index is 10.8. The molecular weight excluding hydrogens is 198 g/mol. The Balaban J connectivity index is 0.000000461. The van der Waals surface area contributed by atoms with Crippen LogP contribution in [0.15, 0.2) is 0 Å². The number of thiazole rings is 1. The van der Waals surface area contributed by atoms with E-state index in [0.29, 0.717) is 5.01 Å². The smallest absolute Gasteiger partial charge is 0.277 e. The number of primary amides is 1. The summed E-state index contributed by atoms with van der Waals surface area (Å²) in [4.78, 5) is 16.1. The van der Waals surface area contributed by atoms with Gasteiger partial charge in [0, 0.05) is 24.4 Å². The number of hydrogen-bond donors (Lipinski definition) is 2. The highest BCUT2D eigenvalue weighted by Crippen LogP contribution is 2.20. The van der Waals surface area contributed by atoms with Gasteiger partial charge >= 0.3 is 0 Å². The van der Waals surface area contributed by atoms with Crippen molar-refractivity contribution in [2.24, 2.45) is 5.73 Å². The summed E-state index contributed by atoms with van der Waals surface area (Å²) >= 11 is 1.40. The van der Waals surface area contributed by atoms with Crippen molar-refractivity contribution < 1.29 is 4.79 Å². The fourth-order valence-corrected chi connectivity index (χ4v) is 2.16. The lowest BCUT2D eigenvalue weighted by molar-refractivity contribution is 0.1000. The van der Waals surface area contributed by atoms with E-state index in [1.807, 2.05) is 13.8 Å². The molecule has 0 atom stereocenters. The highest BCUT2D eigenvalue weighted by molar-refractivity contribution is 7.13. The van der Waals surface area contributed by atoms with E-state index in [1.54, 1.807) is 0 Å². The number of amides is 1. The molecule has 2 heterocycles. The molecule has 1 aromatic rings. The molecule has 78 valence electrons. The van der Waals surface area contributed by atoms with E-state index in [9.17, 15) is 4.79 Å². The monoisotopic (exact) mass is 213 g/mol. The van der Waals surface area contributed by atoms with E-state index < -0.39 is 5.91 Å². The Morgan fingerprint density at radius 1 is 1.57 bits per heavy atom. The molecule has 0 bridgehead atoms. The third-order valence-electron chi connectivity index (χ3n) is 1.81. The van der Waals surface area contributed by atoms with E-state index in [2.05, 4.69) is 10.3 Å². The zero-order valence-electron chi connectivity index (χ0n) is 8.46. The normalized spacial score (nSPS) is 13.9. The first-order chi connectivity index (χ1) is 6.77. The fourth-order valence-electron chi connectivity index (χ4n) is 1.23. The summed E-state index contributed by atoms with van der Waals surface area (Å²) in [5.41, 5.74) is 6.15. The van der Waals surface area contributed by atoms with E-state index in [4.69, 9.17) is 5.73 Å². The highest BCUT2D eigenvalue weighted by atomic mass is 32.1. The maximum absolute atomic E-state index is 10.8. The number of nitrogens with one attached hydrogen (secondary N) is 1. The SMILES string of the molecule is CC.NC(=O)c1nc2c(s1)CNCC2. The van der Waals surface area contributed by atoms with Crippen molar-refractivity contribution in [2.75, 3.05) is 6.54 Å². The predicted molar refractivity (Wildman–Crippen MR) is 57.4 cm³/mol. The fraction of sp³-hybridized carbons (Fsp3) is 0.556. The van der Waals surface area contributed by atoms with Crippen LogP contribution in [0.4, 0.5) is 0 Å². The van der Waals surface area contributed by atoms with Crippen LogP contribution in [-0.2, 0) is 13.0 Å². The first-order valence-corrected chi connectivity index (χ1v) is 5.58. The van der Waals surface area contributed by atoms with Gasteiger partial charge in [0.15, 0.2) is 5.01 Å². The number of carbonyl (C=O) groups excluding carboxylic acids is 1. The van der Waals surface area contributed by atoms with Crippen LogP contribution >= 0.6 is 11.3 Å². The van der Waals surface area contributed by atoms with Gasteiger partial charge in [0.1, 0.15) is 0 Å². The van der Waals surface area contributed by atoms with Crippen LogP contribution in [0.25, 0.3) is 0 Å². The van der Waals surface area contributed by atoms with Crippen molar-refractivity contribution in [3.63, 3.8) is 0 Å². The molecular formula is C9H15N3OS. The molecule has 0 fully saturated rings. The van der Waals surface area contributed by atoms with Crippen LogP contribution in [0.5, 0.6) is 0 Å². The molecule has 2 rings (SSSR count). The molecule has 0 aliphatic carbocycles. The molecule has 1 aliphatic heterocycles.